The molecule has 0 spiro atoms. The fourth-order valence-corrected chi connectivity index (χ4v) is 2.81. The Hall–Kier alpha value is -1.15. The van der Waals surface area contributed by atoms with Crippen LogP contribution in [0.25, 0.3) is 0 Å². The summed E-state index contributed by atoms with van der Waals surface area (Å²) in [6.45, 7) is 7.19. The van der Waals surface area contributed by atoms with Crippen molar-refractivity contribution >= 4 is 5.78 Å². The van der Waals surface area contributed by atoms with Gasteiger partial charge in [-0.05, 0) is 25.8 Å². The van der Waals surface area contributed by atoms with Crippen molar-refractivity contribution < 1.29 is 4.79 Å². The molecule has 1 aliphatic heterocycles. The number of hydrogen-bond acceptors (Lipinski definition) is 2. The van der Waals surface area contributed by atoms with Crippen LogP contribution in [0.1, 0.15) is 32.8 Å². The van der Waals surface area contributed by atoms with Crippen LogP contribution >= 0.6 is 0 Å². The van der Waals surface area contributed by atoms with Crippen molar-refractivity contribution in [3.8, 4) is 0 Å². The fourth-order valence-electron chi connectivity index (χ4n) is 2.81. The Balaban J connectivity index is 2.12. The molecule has 0 radical (unpaired) electrons. The van der Waals surface area contributed by atoms with Crippen LogP contribution in [0.15, 0.2) is 30.3 Å². The largest absolute Gasteiger partial charge is 0.298 e. The minimum atomic E-state index is 0.0500. The Bertz CT molecular complexity index is 387. The Morgan fingerprint density at radius 2 is 1.82 bits per heavy atom. The molecule has 0 saturated carbocycles. The molecular weight excluding hydrogens is 210 g/mol. The molecule has 1 aromatic rings. The van der Waals surface area contributed by atoms with Crippen LogP contribution in [0.3, 0.4) is 0 Å². The average molecular weight is 231 g/mol. The molecule has 0 N–H and O–H groups in total. The first-order chi connectivity index (χ1) is 8.09. The number of hydrogen-bond donors (Lipinski definition) is 0. The normalized spacial score (nSPS) is 30.5. The van der Waals surface area contributed by atoms with E-state index < -0.39 is 0 Å². The summed E-state index contributed by atoms with van der Waals surface area (Å²) < 4.78 is 0. The number of ketones is 1. The van der Waals surface area contributed by atoms with E-state index in [1.54, 1.807) is 0 Å². The number of benzene rings is 1. The van der Waals surface area contributed by atoms with Crippen LogP contribution < -0.4 is 0 Å². The molecule has 0 unspecified atom stereocenters. The van der Waals surface area contributed by atoms with Crippen LogP contribution in [-0.4, -0.2) is 22.8 Å². The maximum absolute atomic E-state index is 12.0. The third-order valence-electron chi connectivity index (χ3n) is 3.86. The second-order valence-corrected chi connectivity index (χ2v) is 5.22. The maximum atomic E-state index is 12.0. The van der Waals surface area contributed by atoms with Crippen molar-refractivity contribution in [2.24, 2.45) is 5.92 Å². The number of Topliss-reactive ketones (excluding diaryl/α,β-unsaturated/α-hetero) is 1. The predicted octanol–water partition coefficient (Wildman–Crippen LogP) is 2.87. The van der Waals surface area contributed by atoms with Crippen molar-refractivity contribution in [1.82, 2.24) is 4.90 Å². The molecule has 1 saturated heterocycles. The van der Waals surface area contributed by atoms with E-state index >= 15 is 0 Å². The Labute approximate surface area is 104 Å². The van der Waals surface area contributed by atoms with Gasteiger partial charge in [0.15, 0.2) is 5.78 Å². The summed E-state index contributed by atoms with van der Waals surface area (Å²) in [5.41, 5.74) is 1.29. The van der Waals surface area contributed by atoms with E-state index in [9.17, 15) is 4.79 Å². The minimum absolute atomic E-state index is 0.0500. The molecule has 3 atom stereocenters. The van der Waals surface area contributed by atoms with Crippen molar-refractivity contribution in [2.75, 3.05) is 0 Å². The van der Waals surface area contributed by atoms with Gasteiger partial charge in [-0.1, -0.05) is 37.3 Å². The summed E-state index contributed by atoms with van der Waals surface area (Å²) in [4.78, 5) is 14.3. The highest BCUT2D eigenvalue weighted by atomic mass is 16.1. The van der Waals surface area contributed by atoms with Crippen LogP contribution in [-0.2, 0) is 11.3 Å². The van der Waals surface area contributed by atoms with Crippen molar-refractivity contribution in [3.05, 3.63) is 35.9 Å². The molecule has 2 heteroatoms. The van der Waals surface area contributed by atoms with Gasteiger partial charge < -0.3 is 0 Å². The molecule has 0 amide bonds. The first-order valence-electron chi connectivity index (χ1n) is 6.43. The molecule has 1 aromatic carbocycles. The second-order valence-electron chi connectivity index (χ2n) is 5.22. The lowest BCUT2D eigenvalue weighted by molar-refractivity contribution is -0.133. The van der Waals surface area contributed by atoms with Crippen LogP contribution in [0.5, 0.6) is 0 Å². The van der Waals surface area contributed by atoms with E-state index in [1.807, 2.05) is 13.0 Å². The summed E-state index contributed by atoms with van der Waals surface area (Å²) in [6, 6.07) is 10.9. The molecule has 2 rings (SSSR count). The zero-order valence-electron chi connectivity index (χ0n) is 10.9. The number of likely N-dealkylation sites (tertiary alicyclic amines) is 1. The average Bonchev–Trinajstić information content (AvgIpc) is 2.33. The number of carbonyl (C=O) groups is 1. The number of rotatable bonds is 2. The van der Waals surface area contributed by atoms with Gasteiger partial charge in [-0.2, -0.15) is 0 Å². The standard InChI is InChI=1S/C15H21NO/c1-11-9-12(2)16(13(3)15(11)17)10-14-7-5-4-6-8-14/h4-8,11-13H,9-10H2,1-3H3/t11-,12+,13+/m0/s1. The van der Waals surface area contributed by atoms with Gasteiger partial charge in [-0.15, -0.1) is 0 Å². The van der Waals surface area contributed by atoms with E-state index in [-0.39, 0.29) is 12.0 Å². The lowest BCUT2D eigenvalue weighted by Crippen LogP contribution is -2.51. The Morgan fingerprint density at radius 1 is 1.18 bits per heavy atom. The summed E-state index contributed by atoms with van der Waals surface area (Å²) >= 11 is 0. The smallest absolute Gasteiger partial charge is 0.152 e. The highest BCUT2D eigenvalue weighted by Crippen LogP contribution is 2.26. The monoisotopic (exact) mass is 231 g/mol. The first kappa shape index (κ1) is 12.3. The van der Waals surface area contributed by atoms with Gasteiger partial charge >= 0.3 is 0 Å². The topological polar surface area (TPSA) is 20.3 Å². The molecule has 0 aromatic heterocycles. The second kappa shape index (κ2) is 5.01. The van der Waals surface area contributed by atoms with Crippen molar-refractivity contribution in [2.45, 2.75) is 45.8 Å². The van der Waals surface area contributed by atoms with E-state index in [4.69, 9.17) is 0 Å². The molecule has 0 aliphatic carbocycles. The highest BCUT2D eigenvalue weighted by molar-refractivity contribution is 5.86. The van der Waals surface area contributed by atoms with Gasteiger partial charge in [0.1, 0.15) is 0 Å². The van der Waals surface area contributed by atoms with E-state index in [0.29, 0.717) is 11.8 Å². The van der Waals surface area contributed by atoms with Gasteiger partial charge in [0.2, 0.25) is 0 Å². The number of nitrogens with zero attached hydrogens (tertiary/aromatic N) is 1. The van der Waals surface area contributed by atoms with Crippen LogP contribution in [0.2, 0.25) is 0 Å². The lowest BCUT2D eigenvalue weighted by Gasteiger charge is -2.40. The van der Waals surface area contributed by atoms with E-state index in [1.165, 1.54) is 5.56 Å². The van der Waals surface area contributed by atoms with Crippen LogP contribution in [0.4, 0.5) is 0 Å². The van der Waals surface area contributed by atoms with Gasteiger partial charge in [0.05, 0.1) is 6.04 Å². The van der Waals surface area contributed by atoms with E-state index in [2.05, 4.69) is 43.0 Å². The molecule has 1 heterocycles. The summed E-state index contributed by atoms with van der Waals surface area (Å²) in [5.74, 6) is 0.603. The minimum Gasteiger partial charge on any atom is -0.298 e. The van der Waals surface area contributed by atoms with Gasteiger partial charge in [-0.3, -0.25) is 9.69 Å². The molecule has 17 heavy (non-hydrogen) atoms. The molecule has 0 bridgehead atoms. The molecular formula is C15H21NO. The molecule has 1 fully saturated rings. The molecule has 2 nitrogen and oxygen atoms in total. The summed E-state index contributed by atoms with van der Waals surface area (Å²) in [7, 11) is 0. The summed E-state index contributed by atoms with van der Waals surface area (Å²) in [6.07, 6.45) is 0.982. The fraction of sp³-hybridized carbons (Fsp3) is 0.533. The number of carbonyl (C=O) groups excluding carboxylic acids is 1. The third kappa shape index (κ3) is 2.58. The molecule has 1 aliphatic rings. The zero-order chi connectivity index (χ0) is 12.4. The zero-order valence-corrected chi connectivity index (χ0v) is 10.9. The predicted molar refractivity (Wildman–Crippen MR) is 69.7 cm³/mol. The third-order valence-corrected chi connectivity index (χ3v) is 3.86. The highest BCUT2D eigenvalue weighted by Gasteiger charge is 2.35. The van der Waals surface area contributed by atoms with Crippen molar-refractivity contribution in [1.29, 1.82) is 0 Å². The Kier molecular flexibility index (Phi) is 3.63. The quantitative estimate of drug-likeness (QED) is 0.780. The van der Waals surface area contributed by atoms with Crippen LogP contribution in [0, 0.1) is 5.92 Å². The van der Waals surface area contributed by atoms with Gasteiger partial charge in [0, 0.05) is 18.5 Å². The SMILES string of the molecule is C[C@@H]1C[C@H](C)C(=O)[C@@H](C)N1Cc1ccccc1. The Morgan fingerprint density at radius 3 is 2.47 bits per heavy atom. The van der Waals surface area contributed by atoms with Gasteiger partial charge in [-0.25, -0.2) is 0 Å². The van der Waals surface area contributed by atoms with Gasteiger partial charge in [0.25, 0.3) is 0 Å². The maximum Gasteiger partial charge on any atom is 0.152 e. The van der Waals surface area contributed by atoms with E-state index in [0.717, 1.165) is 13.0 Å². The lowest BCUT2D eigenvalue weighted by atomic mass is 9.87. The first-order valence-corrected chi connectivity index (χ1v) is 6.43. The summed E-state index contributed by atoms with van der Waals surface area (Å²) in [5, 5.41) is 0. The molecule has 92 valence electrons. The van der Waals surface area contributed by atoms with Crippen molar-refractivity contribution in [3.63, 3.8) is 0 Å². The number of piperidine rings is 1.